The topological polar surface area (TPSA) is 0 Å². The van der Waals surface area contributed by atoms with Crippen LogP contribution in [0.5, 0.6) is 0 Å². The summed E-state index contributed by atoms with van der Waals surface area (Å²) in [6.07, 6.45) is 19.6. The third-order valence-electron chi connectivity index (χ3n) is 2.58. The molecule has 0 aliphatic carbocycles. The van der Waals surface area contributed by atoms with E-state index in [0.29, 0.717) is 6.42 Å². The molecule has 0 fully saturated rings. The molecule has 0 saturated heterocycles. The van der Waals surface area contributed by atoms with Gasteiger partial charge in [-0.25, -0.2) is 0 Å². The Morgan fingerprint density at radius 3 is 2.19 bits per heavy atom. The number of hydrogen-bond donors (Lipinski definition) is 0. The van der Waals surface area contributed by atoms with Crippen molar-refractivity contribution in [1.29, 1.82) is 0 Å². The van der Waals surface area contributed by atoms with Crippen LogP contribution in [0.15, 0.2) is 0 Å². The minimum absolute atomic E-state index is 0.671. The molecule has 0 unspecified atom stereocenters. The Morgan fingerprint density at radius 1 is 0.938 bits per heavy atom. The summed E-state index contributed by atoms with van der Waals surface area (Å²) in [5.41, 5.74) is 0. The smallest absolute Gasteiger partial charge is 0.0458 e. The highest BCUT2D eigenvalue weighted by molar-refractivity contribution is 5.13. The molecule has 1 radical (unpaired) electrons. The minimum Gasteiger partial charge on any atom is -0.120 e. The van der Waals surface area contributed by atoms with Crippen molar-refractivity contribution >= 4 is 0 Å². The van der Waals surface area contributed by atoms with Gasteiger partial charge < -0.3 is 0 Å². The first-order valence-corrected chi connectivity index (χ1v) is 6.65. The van der Waals surface area contributed by atoms with Crippen LogP contribution in [0, 0.1) is 30.6 Å². The standard InChI is InChI=1S/C16H25/c1-3-5-7-9-11-13-15-16-14-12-10-8-6-4-2/h1,7H,4-6,8,10,12-16H2,2H3. The Labute approximate surface area is 102 Å². The molecule has 0 rings (SSSR count). The summed E-state index contributed by atoms with van der Waals surface area (Å²) in [7, 11) is 0. The second-order valence-electron chi connectivity index (χ2n) is 4.16. The molecule has 0 bridgehead atoms. The molecule has 0 amide bonds. The van der Waals surface area contributed by atoms with Gasteiger partial charge in [-0.1, -0.05) is 57.8 Å². The second kappa shape index (κ2) is 14.1. The summed E-state index contributed by atoms with van der Waals surface area (Å²) >= 11 is 0. The van der Waals surface area contributed by atoms with E-state index in [1.165, 1.54) is 51.4 Å². The predicted molar refractivity (Wildman–Crippen MR) is 72.8 cm³/mol. The Bertz CT molecular complexity index is 221. The first-order chi connectivity index (χ1) is 7.91. The number of unbranched alkanes of at least 4 members (excludes halogenated alkanes) is 9. The maximum atomic E-state index is 5.11. The fraction of sp³-hybridized carbons (Fsp3) is 0.688. The summed E-state index contributed by atoms with van der Waals surface area (Å²) in [4.78, 5) is 0. The van der Waals surface area contributed by atoms with E-state index in [4.69, 9.17) is 6.42 Å². The van der Waals surface area contributed by atoms with Crippen molar-refractivity contribution in [2.24, 2.45) is 0 Å². The van der Waals surface area contributed by atoms with Gasteiger partial charge in [0, 0.05) is 19.3 Å². The lowest BCUT2D eigenvalue weighted by molar-refractivity contribution is 0.579. The highest BCUT2D eigenvalue weighted by Crippen LogP contribution is 2.09. The van der Waals surface area contributed by atoms with E-state index in [0.717, 1.165) is 6.42 Å². The summed E-state index contributed by atoms with van der Waals surface area (Å²) in [5, 5.41) is 0. The number of hydrogen-bond acceptors (Lipinski definition) is 0. The van der Waals surface area contributed by atoms with Gasteiger partial charge in [0.05, 0.1) is 0 Å². The van der Waals surface area contributed by atoms with Crippen LogP contribution in [0.2, 0.25) is 0 Å². The largest absolute Gasteiger partial charge is 0.120 e. The zero-order chi connectivity index (χ0) is 11.9. The maximum Gasteiger partial charge on any atom is 0.0458 e. The fourth-order valence-corrected chi connectivity index (χ4v) is 1.60. The molecule has 0 heterocycles. The maximum absolute atomic E-state index is 5.11. The Kier molecular flexibility index (Phi) is 13.3. The molecule has 0 atom stereocenters. The molecule has 0 aliphatic rings. The zero-order valence-corrected chi connectivity index (χ0v) is 10.7. The van der Waals surface area contributed by atoms with E-state index in [1.54, 1.807) is 0 Å². The van der Waals surface area contributed by atoms with Crippen LogP contribution in [0.1, 0.15) is 71.1 Å². The van der Waals surface area contributed by atoms with Crippen molar-refractivity contribution in [1.82, 2.24) is 0 Å². The van der Waals surface area contributed by atoms with Crippen LogP contribution in [0.25, 0.3) is 0 Å². The molecule has 0 aromatic heterocycles. The summed E-state index contributed by atoms with van der Waals surface area (Å²) in [6.45, 7) is 2.26. The number of rotatable bonds is 9. The van der Waals surface area contributed by atoms with Gasteiger partial charge in [-0.05, 0) is 6.42 Å². The predicted octanol–water partition coefficient (Wildman–Crippen LogP) is 4.75. The van der Waals surface area contributed by atoms with Crippen molar-refractivity contribution in [3.8, 4) is 24.2 Å². The minimum atomic E-state index is 0.671. The SMILES string of the molecule is C#CC[CH]C#CCCCCCCCCCC. The molecule has 0 N–H and O–H groups in total. The summed E-state index contributed by atoms with van der Waals surface area (Å²) < 4.78 is 0. The lowest BCUT2D eigenvalue weighted by atomic mass is 10.1. The monoisotopic (exact) mass is 217 g/mol. The molecule has 0 nitrogen and oxygen atoms in total. The Hall–Kier alpha value is -0.880. The fourth-order valence-electron chi connectivity index (χ4n) is 1.60. The van der Waals surface area contributed by atoms with E-state index in [2.05, 4.69) is 24.7 Å². The lowest BCUT2D eigenvalue weighted by Crippen LogP contribution is -1.80. The zero-order valence-electron chi connectivity index (χ0n) is 10.7. The van der Waals surface area contributed by atoms with Gasteiger partial charge in [-0.2, -0.15) is 0 Å². The number of terminal acetylenes is 1. The van der Waals surface area contributed by atoms with Crippen LogP contribution >= 0.6 is 0 Å². The van der Waals surface area contributed by atoms with Gasteiger partial charge in [0.25, 0.3) is 0 Å². The van der Waals surface area contributed by atoms with Gasteiger partial charge in [-0.3, -0.25) is 0 Å². The molecule has 0 saturated carbocycles. The summed E-state index contributed by atoms with van der Waals surface area (Å²) in [6, 6.07) is 0. The normalized spacial score (nSPS) is 9.25. The van der Waals surface area contributed by atoms with Gasteiger partial charge in [0.1, 0.15) is 0 Å². The third kappa shape index (κ3) is 13.1. The van der Waals surface area contributed by atoms with Crippen LogP contribution in [0.4, 0.5) is 0 Å². The molecule has 0 heteroatoms. The first kappa shape index (κ1) is 15.1. The van der Waals surface area contributed by atoms with Crippen LogP contribution in [-0.4, -0.2) is 0 Å². The van der Waals surface area contributed by atoms with E-state index >= 15 is 0 Å². The van der Waals surface area contributed by atoms with Gasteiger partial charge >= 0.3 is 0 Å². The lowest BCUT2D eigenvalue weighted by Gasteiger charge is -1.99. The molecule has 0 aliphatic heterocycles. The van der Waals surface area contributed by atoms with Gasteiger partial charge in [-0.15, -0.1) is 18.3 Å². The highest BCUT2D eigenvalue weighted by Gasteiger charge is 1.90. The third-order valence-corrected chi connectivity index (χ3v) is 2.58. The highest BCUT2D eigenvalue weighted by atomic mass is 14.0. The molecule has 16 heavy (non-hydrogen) atoms. The molecule has 89 valence electrons. The second-order valence-corrected chi connectivity index (χ2v) is 4.16. The van der Waals surface area contributed by atoms with E-state index in [1.807, 2.05) is 6.42 Å². The van der Waals surface area contributed by atoms with Crippen molar-refractivity contribution in [2.45, 2.75) is 71.1 Å². The van der Waals surface area contributed by atoms with Gasteiger partial charge in [0.2, 0.25) is 0 Å². The first-order valence-electron chi connectivity index (χ1n) is 6.65. The molecular weight excluding hydrogens is 192 g/mol. The molecular formula is C16H25. The van der Waals surface area contributed by atoms with E-state index < -0.39 is 0 Å². The van der Waals surface area contributed by atoms with Gasteiger partial charge in [0.15, 0.2) is 0 Å². The summed E-state index contributed by atoms with van der Waals surface area (Å²) in [5.74, 6) is 8.66. The average molecular weight is 217 g/mol. The quantitative estimate of drug-likeness (QED) is 0.386. The van der Waals surface area contributed by atoms with Crippen molar-refractivity contribution in [3.63, 3.8) is 0 Å². The Morgan fingerprint density at radius 2 is 1.56 bits per heavy atom. The van der Waals surface area contributed by atoms with Crippen molar-refractivity contribution in [3.05, 3.63) is 6.42 Å². The van der Waals surface area contributed by atoms with Crippen LogP contribution < -0.4 is 0 Å². The Balaban J connectivity index is 3.03. The van der Waals surface area contributed by atoms with Crippen LogP contribution in [-0.2, 0) is 0 Å². The van der Waals surface area contributed by atoms with E-state index in [9.17, 15) is 0 Å². The van der Waals surface area contributed by atoms with Crippen molar-refractivity contribution < 1.29 is 0 Å². The average Bonchev–Trinajstić information content (AvgIpc) is 2.31. The van der Waals surface area contributed by atoms with Crippen molar-refractivity contribution in [2.75, 3.05) is 0 Å². The molecule has 0 aromatic carbocycles. The van der Waals surface area contributed by atoms with E-state index in [-0.39, 0.29) is 0 Å². The molecule has 0 spiro atoms. The van der Waals surface area contributed by atoms with Crippen LogP contribution in [0.3, 0.4) is 0 Å². The molecule has 0 aromatic rings.